The molecule has 0 bridgehead atoms. The van der Waals surface area contributed by atoms with E-state index in [1.54, 1.807) is 0 Å². The number of amides is 1. The molecule has 1 heterocycles. The molecule has 1 aliphatic heterocycles. The molecule has 1 aliphatic rings. The number of piperidine rings is 1. The van der Waals surface area contributed by atoms with Crippen molar-refractivity contribution < 1.29 is 22.4 Å². The van der Waals surface area contributed by atoms with Gasteiger partial charge in [-0.3, -0.25) is 4.79 Å². The van der Waals surface area contributed by atoms with Gasteiger partial charge in [0.1, 0.15) is 5.82 Å². The summed E-state index contributed by atoms with van der Waals surface area (Å²) >= 11 is 8.64. The van der Waals surface area contributed by atoms with Crippen molar-refractivity contribution in [1.29, 1.82) is 0 Å². The number of halogens is 6. The van der Waals surface area contributed by atoms with Gasteiger partial charge in [0.2, 0.25) is 0 Å². The summed E-state index contributed by atoms with van der Waals surface area (Å²) in [6, 6.07) is 2.25. The van der Waals surface area contributed by atoms with Gasteiger partial charge in [0.25, 0.3) is 5.91 Å². The van der Waals surface area contributed by atoms with Gasteiger partial charge in [0.15, 0.2) is 0 Å². The lowest BCUT2D eigenvalue weighted by molar-refractivity contribution is -0.184. The van der Waals surface area contributed by atoms with Gasteiger partial charge in [0.05, 0.1) is 10.9 Å². The van der Waals surface area contributed by atoms with Crippen LogP contribution in [0.1, 0.15) is 23.2 Å². The molecule has 1 aromatic rings. The van der Waals surface area contributed by atoms with Crippen molar-refractivity contribution in [3.8, 4) is 0 Å². The Morgan fingerprint density at radius 2 is 2.05 bits per heavy atom. The van der Waals surface area contributed by atoms with Gasteiger partial charge in [-0.05, 0) is 40.9 Å². The van der Waals surface area contributed by atoms with Crippen molar-refractivity contribution in [3.63, 3.8) is 0 Å². The van der Waals surface area contributed by atoms with Gasteiger partial charge < -0.3 is 4.90 Å². The number of carbonyl (C=O) groups excluding carboxylic acids is 1. The first-order valence-electron chi connectivity index (χ1n) is 6.20. The highest BCUT2D eigenvalue weighted by Gasteiger charge is 2.42. The predicted molar refractivity (Wildman–Crippen MR) is 73.8 cm³/mol. The van der Waals surface area contributed by atoms with Crippen molar-refractivity contribution in [1.82, 2.24) is 4.90 Å². The van der Waals surface area contributed by atoms with Crippen molar-refractivity contribution in [2.75, 3.05) is 13.1 Å². The smallest absolute Gasteiger partial charge is 0.338 e. The fourth-order valence-corrected chi connectivity index (χ4v) is 2.84. The van der Waals surface area contributed by atoms with Crippen molar-refractivity contribution in [2.45, 2.75) is 19.0 Å². The Morgan fingerprint density at radius 1 is 1.38 bits per heavy atom. The molecule has 1 aromatic carbocycles. The number of carbonyl (C=O) groups is 1. The normalized spacial score (nSPS) is 19.7. The van der Waals surface area contributed by atoms with Gasteiger partial charge in [-0.2, -0.15) is 13.2 Å². The van der Waals surface area contributed by atoms with E-state index in [-0.39, 0.29) is 34.4 Å². The second-order valence-corrected chi connectivity index (χ2v) is 6.12. The molecular weight excluding hydrogens is 377 g/mol. The SMILES string of the molecule is O=C(c1cc(F)c(Cl)c(Br)c1)N1CCCC(C(F)(F)F)C1. The zero-order valence-electron chi connectivity index (χ0n) is 10.7. The van der Waals surface area contributed by atoms with Crippen LogP contribution in [0.4, 0.5) is 17.6 Å². The van der Waals surface area contributed by atoms with Crippen molar-refractivity contribution >= 4 is 33.4 Å². The summed E-state index contributed by atoms with van der Waals surface area (Å²) in [4.78, 5) is 13.3. The zero-order chi connectivity index (χ0) is 15.8. The molecule has 2 rings (SSSR count). The van der Waals surface area contributed by atoms with Gasteiger partial charge in [0, 0.05) is 23.1 Å². The molecule has 1 atom stereocenters. The van der Waals surface area contributed by atoms with E-state index < -0.39 is 30.4 Å². The van der Waals surface area contributed by atoms with Crippen LogP contribution in [-0.2, 0) is 0 Å². The van der Waals surface area contributed by atoms with E-state index in [0.717, 1.165) is 11.0 Å². The highest BCUT2D eigenvalue weighted by atomic mass is 79.9. The first kappa shape index (κ1) is 16.5. The van der Waals surface area contributed by atoms with Crippen LogP contribution in [0.5, 0.6) is 0 Å². The first-order chi connectivity index (χ1) is 9.70. The Morgan fingerprint density at radius 3 is 2.62 bits per heavy atom. The number of benzene rings is 1. The van der Waals surface area contributed by atoms with E-state index >= 15 is 0 Å². The van der Waals surface area contributed by atoms with Crippen LogP contribution in [0.2, 0.25) is 5.02 Å². The third-order valence-electron chi connectivity index (χ3n) is 3.40. The molecule has 0 saturated carbocycles. The number of rotatable bonds is 1. The fraction of sp³-hybridized carbons (Fsp3) is 0.462. The van der Waals surface area contributed by atoms with E-state index in [1.807, 2.05) is 0 Å². The summed E-state index contributed by atoms with van der Waals surface area (Å²) in [6.45, 7) is -0.169. The third-order valence-corrected chi connectivity index (χ3v) is 4.64. The summed E-state index contributed by atoms with van der Waals surface area (Å²) in [5, 5.41) is -0.168. The molecule has 2 nitrogen and oxygen atoms in total. The van der Waals surface area contributed by atoms with E-state index in [1.165, 1.54) is 6.07 Å². The molecule has 21 heavy (non-hydrogen) atoms. The van der Waals surface area contributed by atoms with Gasteiger partial charge in [-0.25, -0.2) is 4.39 Å². The monoisotopic (exact) mass is 387 g/mol. The Balaban J connectivity index is 2.20. The van der Waals surface area contributed by atoms with Crippen LogP contribution in [0.3, 0.4) is 0 Å². The molecule has 8 heteroatoms. The molecular formula is C13H11BrClF4NO. The van der Waals surface area contributed by atoms with E-state index in [0.29, 0.717) is 0 Å². The predicted octanol–water partition coefficient (Wildman–Crippen LogP) is 4.66. The van der Waals surface area contributed by atoms with Crippen LogP contribution in [0, 0.1) is 11.7 Å². The maximum absolute atomic E-state index is 13.5. The number of nitrogens with zero attached hydrogens (tertiary/aromatic N) is 1. The molecule has 1 fully saturated rings. The van der Waals surface area contributed by atoms with Gasteiger partial charge in [-0.15, -0.1) is 0 Å². The second kappa shape index (κ2) is 6.12. The Hall–Kier alpha value is -0.820. The molecule has 1 unspecified atom stereocenters. The molecule has 1 amide bonds. The average molecular weight is 389 g/mol. The van der Waals surface area contributed by atoms with Gasteiger partial charge >= 0.3 is 6.18 Å². The summed E-state index contributed by atoms with van der Waals surface area (Å²) in [6.07, 6.45) is -4.05. The summed E-state index contributed by atoms with van der Waals surface area (Å²) in [5.41, 5.74) is -0.0217. The molecule has 0 aliphatic carbocycles. The van der Waals surface area contributed by atoms with Gasteiger partial charge in [-0.1, -0.05) is 11.6 Å². The summed E-state index contributed by atoms with van der Waals surface area (Å²) in [7, 11) is 0. The lowest BCUT2D eigenvalue weighted by Crippen LogP contribution is -2.44. The highest BCUT2D eigenvalue weighted by Crippen LogP contribution is 2.34. The van der Waals surface area contributed by atoms with Crippen molar-refractivity contribution in [2.24, 2.45) is 5.92 Å². The minimum Gasteiger partial charge on any atom is -0.338 e. The highest BCUT2D eigenvalue weighted by molar-refractivity contribution is 9.10. The lowest BCUT2D eigenvalue weighted by atomic mass is 9.97. The Labute approximate surface area is 132 Å². The first-order valence-corrected chi connectivity index (χ1v) is 7.37. The quantitative estimate of drug-likeness (QED) is 0.506. The van der Waals surface area contributed by atoms with Crippen LogP contribution >= 0.6 is 27.5 Å². The van der Waals surface area contributed by atoms with Crippen LogP contribution in [0.25, 0.3) is 0 Å². The molecule has 0 aromatic heterocycles. The molecule has 0 spiro atoms. The maximum Gasteiger partial charge on any atom is 0.393 e. The van der Waals surface area contributed by atoms with E-state index in [9.17, 15) is 22.4 Å². The minimum absolute atomic E-state index is 0.00591. The van der Waals surface area contributed by atoms with E-state index in [4.69, 9.17) is 11.6 Å². The van der Waals surface area contributed by atoms with Crippen LogP contribution in [-0.4, -0.2) is 30.1 Å². The number of alkyl halides is 3. The zero-order valence-corrected chi connectivity index (χ0v) is 13.0. The summed E-state index contributed by atoms with van der Waals surface area (Å²) < 4.78 is 51.9. The number of likely N-dealkylation sites (tertiary alicyclic amines) is 1. The molecule has 0 N–H and O–H groups in total. The molecule has 1 saturated heterocycles. The van der Waals surface area contributed by atoms with Crippen molar-refractivity contribution in [3.05, 3.63) is 33.0 Å². The average Bonchev–Trinajstić information content (AvgIpc) is 2.42. The number of hydrogen-bond donors (Lipinski definition) is 0. The summed E-state index contributed by atoms with van der Waals surface area (Å²) in [5.74, 6) is -2.95. The van der Waals surface area contributed by atoms with E-state index in [2.05, 4.69) is 15.9 Å². The third kappa shape index (κ3) is 3.69. The largest absolute Gasteiger partial charge is 0.393 e. The van der Waals surface area contributed by atoms with Crippen LogP contribution in [0.15, 0.2) is 16.6 Å². The molecule has 116 valence electrons. The standard InChI is InChI=1S/C13H11BrClF4NO/c14-9-4-7(5-10(16)11(9)15)12(21)20-3-1-2-8(6-20)13(17,18)19/h4-5,8H,1-3,6H2. The number of hydrogen-bond acceptors (Lipinski definition) is 1. The second-order valence-electron chi connectivity index (χ2n) is 4.89. The molecule has 0 radical (unpaired) electrons. The Kier molecular flexibility index (Phi) is 4.82. The minimum atomic E-state index is -4.33. The topological polar surface area (TPSA) is 20.3 Å². The maximum atomic E-state index is 13.5. The van der Waals surface area contributed by atoms with Crippen LogP contribution < -0.4 is 0 Å². The fourth-order valence-electron chi connectivity index (χ4n) is 2.29. The lowest BCUT2D eigenvalue weighted by Gasteiger charge is -2.33. The Bertz CT molecular complexity index is 541.